The highest BCUT2D eigenvalue weighted by molar-refractivity contribution is 6.06. The number of piperazine rings is 1. The highest BCUT2D eigenvalue weighted by atomic mass is 16.3. The Balaban J connectivity index is 1.21. The number of carbonyl (C=O) groups excluding carboxylic acids is 1. The Bertz CT molecular complexity index is 1520. The van der Waals surface area contributed by atoms with Crippen LogP contribution in [0.2, 0.25) is 0 Å². The molecule has 4 aromatic carbocycles. The summed E-state index contributed by atoms with van der Waals surface area (Å²) in [6, 6.07) is 31.5. The van der Waals surface area contributed by atoms with Crippen molar-refractivity contribution < 1.29 is 9.21 Å². The van der Waals surface area contributed by atoms with Crippen LogP contribution in [0.25, 0.3) is 33.7 Å². The quantitative estimate of drug-likeness (QED) is 0.315. The number of rotatable bonds is 6. The summed E-state index contributed by atoms with van der Waals surface area (Å²) in [7, 11) is 0. The minimum atomic E-state index is -0.179. The Hall–Kier alpha value is -4.26. The summed E-state index contributed by atoms with van der Waals surface area (Å²) in [5.41, 5.74) is 6.94. The van der Waals surface area contributed by atoms with E-state index in [1.165, 1.54) is 5.56 Å². The smallest absolute Gasteiger partial charge is 0.255 e. The van der Waals surface area contributed by atoms with Crippen LogP contribution in [0, 0.1) is 0 Å². The van der Waals surface area contributed by atoms with E-state index < -0.39 is 0 Å². The molecule has 1 fully saturated rings. The van der Waals surface area contributed by atoms with E-state index in [0.717, 1.165) is 60.5 Å². The van der Waals surface area contributed by atoms with Crippen molar-refractivity contribution in [3.8, 4) is 22.6 Å². The molecule has 6 rings (SSSR count). The first-order chi connectivity index (χ1) is 18.2. The predicted octanol–water partition coefficient (Wildman–Crippen LogP) is 5.82. The molecule has 0 aliphatic carbocycles. The number of carbonyl (C=O) groups is 1. The van der Waals surface area contributed by atoms with Gasteiger partial charge in [0.15, 0.2) is 5.58 Å². The third-order valence-electron chi connectivity index (χ3n) is 6.73. The molecule has 0 spiro atoms. The van der Waals surface area contributed by atoms with Gasteiger partial charge in [-0.25, -0.2) is 4.98 Å². The maximum atomic E-state index is 13.1. The minimum Gasteiger partial charge on any atom is -0.436 e. The molecular formula is C31H28N4O2. The lowest BCUT2D eigenvalue weighted by atomic mass is 10.0. The number of oxazole rings is 1. The van der Waals surface area contributed by atoms with Crippen LogP contribution in [0.3, 0.4) is 0 Å². The monoisotopic (exact) mass is 488 g/mol. The largest absolute Gasteiger partial charge is 0.436 e. The van der Waals surface area contributed by atoms with Crippen molar-refractivity contribution in [1.29, 1.82) is 0 Å². The predicted molar refractivity (Wildman–Crippen MR) is 147 cm³/mol. The fraction of sp³-hybridized carbons (Fsp3) is 0.161. The molecule has 0 atom stereocenters. The molecule has 1 saturated heterocycles. The van der Waals surface area contributed by atoms with E-state index in [9.17, 15) is 4.79 Å². The second-order valence-corrected chi connectivity index (χ2v) is 9.29. The van der Waals surface area contributed by atoms with E-state index in [1.54, 1.807) is 0 Å². The first-order valence-electron chi connectivity index (χ1n) is 12.6. The molecule has 37 heavy (non-hydrogen) atoms. The van der Waals surface area contributed by atoms with Gasteiger partial charge >= 0.3 is 0 Å². The first-order valence-corrected chi connectivity index (χ1v) is 12.6. The van der Waals surface area contributed by atoms with Crippen LogP contribution < -0.4 is 10.6 Å². The topological polar surface area (TPSA) is 70.4 Å². The van der Waals surface area contributed by atoms with Crippen LogP contribution in [-0.2, 0) is 6.54 Å². The number of anilines is 1. The van der Waals surface area contributed by atoms with Crippen molar-refractivity contribution >= 4 is 22.7 Å². The lowest BCUT2D eigenvalue weighted by molar-refractivity contribution is 0.102. The SMILES string of the molecule is O=C(Nc1ccccc1-c1nc2ccc(CN3CCNCC3)cc2o1)c1ccc(-c2ccccc2)cc1. The number of nitrogens with one attached hydrogen (secondary N) is 2. The number of hydrogen-bond acceptors (Lipinski definition) is 5. The van der Waals surface area contributed by atoms with Gasteiger partial charge in [-0.15, -0.1) is 0 Å². The van der Waals surface area contributed by atoms with Crippen LogP contribution >= 0.6 is 0 Å². The molecular weight excluding hydrogens is 460 g/mol. The van der Waals surface area contributed by atoms with E-state index >= 15 is 0 Å². The zero-order valence-electron chi connectivity index (χ0n) is 20.5. The lowest BCUT2D eigenvalue weighted by Crippen LogP contribution is -2.42. The third-order valence-corrected chi connectivity index (χ3v) is 6.73. The van der Waals surface area contributed by atoms with Crippen molar-refractivity contribution in [3.63, 3.8) is 0 Å². The van der Waals surface area contributed by atoms with Crippen molar-refractivity contribution in [1.82, 2.24) is 15.2 Å². The second-order valence-electron chi connectivity index (χ2n) is 9.29. The lowest BCUT2D eigenvalue weighted by Gasteiger charge is -2.27. The Morgan fingerprint density at radius 1 is 0.865 bits per heavy atom. The van der Waals surface area contributed by atoms with Crippen molar-refractivity contribution in [3.05, 3.63) is 108 Å². The molecule has 1 aliphatic heterocycles. The van der Waals surface area contributed by atoms with Gasteiger partial charge in [0.05, 0.1) is 11.3 Å². The van der Waals surface area contributed by atoms with Crippen LogP contribution in [-0.4, -0.2) is 42.0 Å². The fourth-order valence-electron chi connectivity index (χ4n) is 4.73. The highest BCUT2D eigenvalue weighted by Crippen LogP contribution is 2.31. The molecule has 1 aliphatic rings. The Kier molecular flexibility index (Phi) is 6.50. The Morgan fingerprint density at radius 3 is 2.41 bits per heavy atom. The summed E-state index contributed by atoms with van der Waals surface area (Å²) in [6.07, 6.45) is 0. The van der Waals surface area contributed by atoms with Crippen LogP contribution in [0.1, 0.15) is 15.9 Å². The number of nitrogens with zero attached hydrogens (tertiary/aromatic N) is 2. The summed E-state index contributed by atoms with van der Waals surface area (Å²) in [5.74, 6) is 0.311. The number of benzene rings is 4. The van der Waals surface area contributed by atoms with Gasteiger partial charge in [0.1, 0.15) is 5.52 Å². The molecule has 184 valence electrons. The van der Waals surface area contributed by atoms with Gasteiger partial charge in [0, 0.05) is 38.3 Å². The molecule has 6 nitrogen and oxygen atoms in total. The van der Waals surface area contributed by atoms with Crippen LogP contribution in [0.15, 0.2) is 101 Å². The van der Waals surface area contributed by atoms with Gasteiger partial charge in [0.2, 0.25) is 5.89 Å². The van der Waals surface area contributed by atoms with Gasteiger partial charge in [-0.1, -0.05) is 60.7 Å². The van der Waals surface area contributed by atoms with E-state index in [0.29, 0.717) is 17.1 Å². The number of fused-ring (bicyclic) bond motifs is 1. The van der Waals surface area contributed by atoms with Gasteiger partial charge in [-0.05, 0) is 53.1 Å². The standard InChI is InChI=1S/C31H28N4O2/c36-30(25-13-11-24(12-14-25)23-6-2-1-3-7-23)33-27-9-5-4-8-26(27)31-34-28-15-10-22(20-29(28)37-31)21-35-18-16-32-17-19-35/h1-15,20,32H,16-19,21H2,(H,33,36). The molecule has 0 unspecified atom stereocenters. The molecule has 1 amide bonds. The van der Waals surface area contributed by atoms with Gasteiger partial charge in [-0.2, -0.15) is 0 Å². The second kappa shape index (κ2) is 10.4. The van der Waals surface area contributed by atoms with Crippen LogP contribution in [0.4, 0.5) is 5.69 Å². The zero-order valence-corrected chi connectivity index (χ0v) is 20.5. The zero-order chi connectivity index (χ0) is 25.0. The Labute approximate surface area is 216 Å². The average molecular weight is 489 g/mol. The highest BCUT2D eigenvalue weighted by Gasteiger charge is 2.16. The van der Waals surface area contributed by atoms with Gasteiger partial charge in [0.25, 0.3) is 5.91 Å². The summed E-state index contributed by atoms with van der Waals surface area (Å²) in [4.78, 5) is 20.2. The molecule has 5 aromatic rings. The maximum Gasteiger partial charge on any atom is 0.255 e. The number of aromatic nitrogens is 1. The van der Waals surface area contributed by atoms with Crippen molar-refractivity contribution in [2.24, 2.45) is 0 Å². The van der Waals surface area contributed by atoms with Crippen LogP contribution in [0.5, 0.6) is 0 Å². The van der Waals surface area contributed by atoms with E-state index in [-0.39, 0.29) is 5.91 Å². The fourth-order valence-corrected chi connectivity index (χ4v) is 4.73. The molecule has 2 heterocycles. The van der Waals surface area contributed by atoms with E-state index in [1.807, 2.05) is 72.8 Å². The third kappa shape index (κ3) is 5.16. The van der Waals surface area contributed by atoms with Crippen molar-refractivity contribution in [2.45, 2.75) is 6.54 Å². The van der Waals surface area contributed by atoms with E-state index in [4.69, 9.17) is 9.40 Å². The number of hydrogen-bond donors (Lipinski definition) is 2. The summed E-state index contributed by atoms with van der Waals surface area (Å²) < 4.78 is 6.18. The molecule has 1 aromatic heterocycles. The summed E-state index contributed by atoms with van der Waals surface area (Å²) in [5, 5.41) is 6.43. The number of amides is 1. The van der Waals surface area contributed by atoms with Gasteiger partial charge < -0.3 is 15.1 Å². The Morgan fingerprint density at radius 2 is 1.59 bits per heavy atom. The molecule has 0 bridgehead atoms. The first kappa shape index (κ1) is 23.2. The molecule has 0 radical (unpaired) electrons. The minimum absolute atomic E-state index is 0.179. The summed E-state index contributed by atoms with van der Waals surface area (Å²) in [6.45, 7) is 5.02. The van der Waals surface area contributed by atoms with Crippen molar-refractivity contribution in [2.75, 3.05) is 31.5 Å². The molecule has 6 heteroatoms. The normalized spacial score (nSPS) is 14.1. The van der Waals surface area contributed by atoms with E-state index in [2.05, 4.69) is 39.8 Å². The summed E-state index contributed by atoms with van der Waals surface area (Å²) >= 11 is 0. The van der Waals surface area contributed by atoms with Gasteiger partial charge in [-0.3, -0.25) is 9.69 Å². The maximum absolute atomic E-state index is 13.1. The molecule has 2 N–H and O–H groups in total. The molecule has 0 saturated carbocycles. The number of para-hydroxylation sites is 1. The average Bonchev–Trinajstić information content (AvgIpc) is 3.38.